The quantitative estimate of drug-likeness (QED) is 0.667. The normalized spacial score (nSPS) is 12.4. The van der Waals surface area contributed by atoms with Crippen LogP contribution >= 0.6 is 0 Å². The van der Waals surface area contributed by atoms with Crippen molar-refractivity contribution < 1.29 is 33.6 Å². The van der Waals surface area contributed by atoms with Crippen LogP contribution in [-0.4, -0.2) is 44.6 Å². The fourth-order valence-corrected chi connectivity index (χ4v) is 2.54. The van der Waals surface area contributed by atoms with Gasteiger partial charge in [0.2, 0.25) is 0 Å². The number of hydrogen-bond acceptors (Lipinski definition) is 7. The molecule has 0 saturated heterocycles. The molecule has 0 aromatic heterocycles. The molecular formula is C20H23NO7. The number of alkyl carbamates (subject to hydrolysis) is 1. The Balaban J connectivity index is 2.19. The van der Waals surface area contributed by atoms with Crippen molar-refractivity contribution in [1.29, 1.82) is 0 Å². The van der Waals surface area contributed by atoms with Crippen LogP contribution in [-0.2, 0) is 20.9 Å². The number of benzene rings is 2. The number of amides is 1. The predicted molar refractivity (Wildman–Crippen MR) is 100 cm³/mol. The van der Waals surface area contributed by atoms with Crippen molar-refractivity contribution in [3.8, 4) is 11.5 Å². The summed E-state index contributed by atoms with van der Waals surface area (Å²) in [4.78, 5) is 24.1. The summed E-state index contributed by atoms with van der Waals surface area (Å²) in [6.07, 6.45) is -2.45. The molecule has 0 aliphatic heterocycles. The predicted octanol–water partition coefficient (Wildman–Crippen LogP) is 2.21. The van der Waals surface area contributed by atoms with Gasteiger partial charge in [-0.05, 0) is 23.3 Å². The van der Waals surface area contributed by atoms with E-state index < -0.39 is 24.2 Å². The lowest BCUT2D eigenvalue weighted by Gasteiger charge is -2.23. The van der Waals surface area contributed by atoms with Crippen LogP contribution in [0.4, 0.5) is 4.79 Å². The number of esters is 1. The highest BCUT2D eigenvalue weighted by molar-refractivity contribution is 5.77. The van der Waals surface area contributed by atoms with E-state index in [1.54, 1.807) is 18.2 Å². The molecule has 8 nitrogen and oxygen atoms in total. The van der Waals surface area contributed by atoms with Crippen LogP contribution in [0.3, 0.4) is 0 Å². The third-order valence-corrected chi connectivity index (χ3v) is 4.01. The van der Waals surface area contributed by atoms with Crippen LogP contribution in [0, 0.1) is 0 Å². The first-order valence-corrected chi connectivity index (χ1v) is 8.45. The average Bonchev–Trinajstić information content (AvgIpc) is 2.75. The third kappa shape index (κ3) is 5.37. The Morgan fingerprint density at radius 3 is 2.29 bits per heavy atom. The fourth-order valence-electron chi connectivity index (χ4n) is 2.54. The van der Waals surface area contributed by atoms with E-state index in [2.05, 4.69) is 10.1 Å². The van der Waals surface area contributed by atoms with Gasteiger partial charge in [-0.25, -0.2) is 9.59 Å². The Morgan fingerprint density at radius 1 is 1.00 bits per heavy atom. The standard InChI is InChI=1S/C20H23NO7/c1-25-15-10-9-14(11-16(15)26-2)17(18(22)19(23)27-3)21-20(24)28-12-13-7-5-4-6-8-13/h4-11,17-18,22H,12H2,1-3H3,(H,21,24). The molecule has 0 heterocycles. The summed E-state index contributed by atoms with van der Waals surface area (Å²) in [5, 5.41) is 12.8. The molecular weight excluding hydrogens is 366 g/mol. The number of carbonyl (C=O) groups is 2. The van der Waals surface area contributed by atoms with Crippen molar-refractivity contribution >= 4 is 12.1 Å². The number of rotatable bonds is 8. The molecule has 0 saturated carbocycles. The summed E-state index contributed by atoms with van der Waals surface area (Å²) in [6, 6.07) is 12.7. The number of ether oxygens (including phenoxy) is 4. The molecule has 0 aliphatic rings. The van der Waals surface area contributed by atoms with E-state index in [-0.39, 0.29) is 6.61 Å². The van der Waals surface area contributed by atoms with Crippen molar-refractivity contribution in [1.82, 2.24) is 5.32 Å². The number of aliphatic hydroxyl groups is 1. The largest absolute Gasteiger partial charge is 0.493 e. The molecule has 0 fully saturated rings. The highest BCUT2D eigenvalue weighted by Crippen LogP contribution is 2.31. The van der Waals surface area contributed by atoms with Crippen LogP contribution in [0.5, 0.6) is 11.5 Å². The van der Waals surface area contributed by atoms with E-state index in [1.165, 1.54) is 14.2 Å². The number of methoxy groups -OCH3 is 3. The second kappa shape index (κ2) is 10.2. The van der Waals surface area contributed by atoms with Crippen LogP contribution in [0.2, 0.25) is 0 Å². The van der Waals surface area contributed by atoms with Crippen LogP contribution < -0.4 is 14.8 Å². The molecule has 2 rings (SSSR count). The van der Waals surface area contributed by atoms with Gasteiger partial charge in [0.1, 0.15) is 6.61 Å². The first kappa shape index (κ1) is 21.0. The van der Waals surface area contributed by atoms with Gasteiger partial charge in [-0.3, -0.25) is 0 Å². The second-order valence-electron chi connectivity index (χ2n) is 5.77. The molecule has 2 aromatic rings. The molecule has 2 unspecified atom stereocenters. The topological polar surface area (TPSA) is 103 Å². The molecule has 0 spiro atoms. The van der Waals surface area contributed by atoms with Gasteiger partial charge in [-0.2, -0.15) is 0 Å². The Morgan fingerprint density at radius 2 is 1.68 bits per heavy atom. The van der Waals surface area contributed by atoms with Crippen molar-refractivity contribution in [2.45, 2.75) is 18.8 Å². The third-order valence-electron chi connectivity index (χ3n) is 4.01. The lowest BCUT2D eigenvalue weighted by Crippen LogP contribution is -2.41. The maximum atomic E-state index is 12.2. The Kier molecular flexibility index (Phi) is 7.65. The van der Waals surface area contributed by atoms with Gasteiger partial charge in [0.25, 0.3) is 0 Å². The minimum atomic E-state index is -1.65. The molecule has 0 bridgehead atoms. The van der Waals surface area contributed by atoms with Gasteiger partial charge in [0.15, 0.2) is 17.6 Å². The fraction of sp³-hybridized carbons (Fsp3) is 0.300. The number of nitrogens with one attached hydrogen (secondary N) is 1. The zero-order valence-corrected chi connectivity index (χ0v) is 15.9. The molecule has 150 valence electrons. The molecule has 2 N–H and O–H groups in total. The van der Waals surface area contributed by atoms with Gasteiger partial charge in [-0.1, -0.05) is 36.4 Å². The molecule has 2 aromatic carbocycles. The average molecular weight is 389 g/mol. The second-order valence-corrected chi connectivity index (χ2v) is 5.77. The van der Waals surface area contributed by atoms with Gasteiger partial charge in [-0.15, -0.1) is 0 Å². The van der Waals surface area contributed by atoms with Crippen molar-refractivity contribution in [2.75, 3.05) is 21.3 Å². The van der Waals surface area contributed by atoms with Crippen molar-refractivity contribution in [2.24, 2.45) is 0 Å². The van der Waals surface area contributed by atoms with Gasteiger partial charge in [0, 0.05) is 0 Å². The molecule has 28 heavy (non-hydrogen) atoms. The monoisotopic (exact) mass is 389 g/mol. The Hall–Kier alpha value is -3.26. The number of aliphatic hydroxyl groups excluding tert-OH is 1. The van der Waals surface area contributed by atoms with E-state index >= 15 is 0 Å². The van der Waals surface area contributed by atoms with Crippen LogP contribution in [0.25, 0.3) is 0 Å². The van der Waals surface area contributed by atoms with E-state index in [9.17, 15) is 14.7 Å². The smallest absolute Gasteiger partial charge is 0.408 e. The summed E-state index contributed by atoms with van der Waals surface area (Å²) < 4.78 is 20.2. The molecule has 0 radical (unpaired) electrons. The van der Waals surface area contributed by atoms with Gasteiger partial charge >= 0.3 is 12.1 Å². The van der Waals surface area contributed by atoms with E-state index in [0.717, 1.165) is 12.7 Å². The van der Waals surface area contributed by atoms with E-state index in [4.69, 9.17) is 14.2 Å². The van der Waals surface area contributed by atoms with E-state index in [1.807, 2.05) is 30.3 Å². The zero-order chi connectivity index (χ0) is 20.5. The summed E-state index contributed by atoms with van der Waals surface area (Å²) >= 11 is 0. The van der Waals surface area contributed by atoms with Crippen LogP contribution in [0.1, 0.15) is 17.2 Å². The first-order chi connectivity index (χ1) is 13.5. The van der Waals surface area contributed by atoms with Crippen LogP contribution in [0.15, 0.2) is 48.5 Å². The molecule has 0 aliphatic carbocycles. The first-order valence-electron chi connectivity index (χ1n) is 8.45. The molecule has 2 atom stereocenters. The highest BCUT2D eigenvalue weighted by atomic mass is 16.6. The minimum Gasteiger partial charge on any atom is -0.493 e. The zero-order valence-electron chi connectivity index (χ0n) is 15.9. The highest BCUT2D eigenvalue weighted by Gasteiger charge is 2.31. The lowest BCUT2D eigenvalue weighted by molar-refractivity contribution is -0.152. The van der Waals surface area contributed by atoms with E-state index in [0.29, 0.717) is 17.1 Å². The lowest BCUT2D eigenvalue weighted by atomic mass is 10.0. The summed E-state index contributed by atoms with van der Waals surface area (Å²) in [5.74, 6) is -0.0612. The molecule has 1 amide bonds. The summed E-state index contributed by atoms with van der Waals surface area (Å²) in [7, 11) is 4.08. The maximum Gasteiger partial charge on any atom is 0.408 e. The van der Waals surface area contributed by atoms with Gasteiger partial charge < -0.3 is 29.4 Å². The summed E-state index contributed by atoms with van der Waals surface area (Å²) in [5.41, 5.74) is 1.21. The van der Waals surface area contributed by atoms with Crippen molar-refractivity contribution in [3.05, 3.63) is 59.7 Å². The van der Waals surface area contributed by atoms with Gasteiger partial charge in [0.05, 0.1) is 27.4 Å². The minimum absolute atomic E-state index is 0.0413. The van der Waals surface area contributed by atoms with Crippen molar-refractivity contribution in [3.63, 3.8) is 0 Å². The number of hydrogen-bond donors (Lipinski definition) is 2. The molecule has 8 heteroatoms. The summed E-state index contributed by atoms with van der Waals surface area (Å²) in [6.45, 7) is 0.0413. The SMILES string of the molecule is COC(=O)C(O)C(NC(=O)OCc1ccccc1)c1ccc(OC)c(OC)c1. The maximum absolute atomic E-state index is 12.2. The number of carbonyl (C=O) groups excluding carboxylic acids is 2. The Labute approximate surface area is 163 Å². The Bertz CT molecular complexity index is 794.